The van der Waals surface area contributed by atoms with Crippen LogP contribution in [0.3, 0.4) is 0 Å². The minimum atomic E-state index is -0.664. The molecule has 1 aromatic rings. The van der Waals surface area contributed by atoms with Gasteiger partial charge in [-0.1, -0.05) is 13.3 Å². The van der Waals surface area contributed by atoms with Crippen LogP contribution in [0.1, 0.15) is 33.6 Å². The maximum Gasteiger partial charge on any atom is 0.313 e. The van der Waals surface area contributed by atoms with Crippen LogP contribution in [-0.2, 0) is 0 Å². The van der Waals surface area contributed by atoms with Crippen LogP contribution in [-0.4, -0.2) is 17.6 Å². The molecule has 106 valence electrons. The van der Waals surface area contributed by atoms with E-state index in [1.807, 2.05) is 20.8 Å². The summed E-state index contributed by atoms with van der Waals surface area (Å²) in [6, 6.07) is 2.20. The van der Waals surface area contributed by atoms with Gasteiger partial charge in [-0.15, -0.1) is 0 Å². The number of nitro benzene ring substituents is 1. The Bertz CT molecular complexity index is 475. The molecule has 0 heterocycles. The third kappa shape index (κ3) is 3.81. The Balaban J connectivity index is 3.13. The summed E-state index contributed by atoms with van der Waals surface area (Å²) < 4.78 is 18.8. The lowest BCUT2D eigenvalue weighted by Gasteiger charge is -2.27. The Morgan fingerprint density at radius 2 is 2.11 bits per heavy atom. The van der Waals surface area contributed by atoms with Crippen molar-refractivity contribution in [1.82, 2.24) is 0 Å². The summed E-state index contributed by atoms with van der Waals surface area (Å²) in [5, 5.41) is 13.8. The number of nitrogens with zero attached hydrogens (tertiary/aromatic N) is 1. The molecule has 19 heavy (non-hydrogen) atoms. The average Bonchev–Trinajstić information content (AvgIpc) is 2.30. The van der Waals surface area contributed by atoms with E-state index in [2.05, 4.69) is 5.32 Å². The molecule has 1 N–H and O–H groups in total. The van der Waals surface area contributed by atoms with Crippen molar-refractivity contribution >= 4 is 11.4 Å². The van der Waals surface area contributed by atoms with Gasteiger partial charge in [-0.2, -0.15) is 0 Å². The molecule has 0 bridgehead atoms. The van der Waals surface area contributed by atoms with Crippen LogP contribution in [0.4, 0.5) is 15.8 Å². The number of hydrogen-bond acceptors (Lipinski definition) is 4. The summed E-state index contributed by atoms with van der Waals surface area (Å²) in [5.74, 6) is -0.613. The lowest BCUT2D eigenvalue weighted by atomic mass is 9.98. The highest BCUT2D eigenvalue weighted by molar-refractivity contribution is 5.59. The number of benzene rings is 1. The molecule has 0 radical (unpaired) electrons. The van der Waals surface area contributed by atoms with E-state index in [-0.39, 0.29) is 22.7 Å². The van der Waals surface area contributed by atoms with Crippen LogP contribution in [0.5, 0.6) is 5.75 Å². The Labute approximate surface area is 111 Å². The van der Waals surface area contributed by atoms with E-state index in [1.165, 1.54) is 13.2 Å². The summed E-state index contributed by atoms with van der Waals surface area (Å²) in [6.07, 6.45) is 1.80. The molecule has 0 saturated heterocycles. The largest absolute Gasteiger partial charge is 0.490 e. The Morgan fingerprint density at radius 3 is 2.58 bits per heavy atom. The van der Waals surface area contributed by atoms with Gasteiger partial charge in [0.1, 0.15) is 0 Å². The minimum Gasteiger partial charge on any atom is -0.490 e. The highest BCUT2D eigenvalue weighted by Crippen LogP contribution is 2.33. The number of nitrogens with one attached hydrogen (secondary N) is 1. The molecule has 0 aliphatic rings. The molecule has 0 amide bonds. The highest BCUT2D eigenvalue weighted by atomic mass is 19.1. The second kappa shape index (κ2) is 5.86. The molecule has 0 atom stereocenters. The summed E-state index contributed by atoms with van der Waals surface area (Å²) in [6.45, 7) is 5.93. The zero-order valence-corrected chi connectivity index (χ0v) is 11.6. The minimum absolute atomic E-state index is 0.0428. The summed E-state index contributed by atoms with van der Waals surface area (Å²) in [5.41, 5.74) is -0.462. The van der Waals surface area contributed by atoms with Gasteiger partial charge in [-0.3, -0.25) is 10.1 Å². The van der Waals surface area contributed by atoms with E-state index in [0.29, 0.717) is 0 Å². The van der Waals surface area contributed by atoms with Crippen molar-refractivity contribution in [1.29, 1.82) is 0 Å². The zero-order valence-electron chi connectivity index (χ0n) is 11.6. The third-order valence-electron chi connectivity index (χ3n) is 2.81. The van der Waals surface area contributed by atoms with Crippen molar-refractivity contribution in [3.8, 4) is 5.75 Å². The van der Waals surface area contributed by atoms with Crippen LogP contribution in [0.25, 0.3) is 0 Å². The van der Waals surface area contributed by atoms with Gasteiger partial charge in [-0.25, -0.2) is 4.39 Å². The molecule has 0 unspecified atom stereocenters. The molecule has 5 nitrogen and oxygen atoms in total. The number of ether oxygens (including phenoxy) is 1. The van der Waals surface area contributed by atoms with E-state index in [0.717, 1.165) is 18.9 Å². The van der Waals surface area contributed by atoms with E-state index < -0.39 is 10.7 Å². The van der Waals surface area contributed by atoms with E-state index in [4.69, 9.17) is 4.74 Å². The first kappa shape index (κ1) is 15.2. The molecular weight excluding hydrogens is 251 g/mol. The summed E-state index contributed by atoms with van der Waals surface area (Å²) >= 11 is 0. The number of methoxy groups -OCH3 is 1. The second-order valence-electron chi connectivity index (χ2n) is 5.02. The van der Waals surface area contributed by atoms with Gasteiger partial charge in [0.15, 0.2) is 11.6 Å². The predicted octanol–water partition coefficient (Wildman–Crippen LogP) is 3.73. The molecule has 0 aliphatic heterocycles. The van der Waals surface area contributed by atoms with Crippen LogP contribution in [0, 0.1) is 15.9 Å². The molecule has 0 saturated carbocycles. The Hall–Kier alpha value is -1.85. The summed E-state index contributed by atoms with van der Waals surface area (Å²) in [7, 11) is 1.32. The topological polar surface area (TPSA) is 64.4 Å². The molecule has 0 aliphatic carbocycles. The molecule has 1 rings (SSSR count). The lowest BCUT2D eigenvalue weighted by molar-refractivity contribution is -0.385. The molecular formula is C13H19FN2O3. The second-order valence-corrected chi connectivity index (χ2v) is 5.02. The number of halogens is 1. The van der Waals surface area contributed by atoms with Crippen molar-refractivity contribution < 1.29 is 14.1 Å². The maximum atomic E-state index is 13.9. The van der Waals surface area contributed by atoms with Gasteiger partial charge in [0.25, 0.3) is 0 Å². The maximum absolute atomic E-state index is 13.9. The fourth-order valence-electron chi connectivity index (χ4n) is 2.00. The van der Waals surface area contributed by atoms with Gasteiger partial charge in [0.2, 0.25) is 0 Å². The first-order valence-electron chi connectivity index (χ1n) is 6.11. The number of anilines is 1. The smallest absolute Gasteiger partial charge is 0.313 e. The molecule has 0 aromatic heterocycles. The monoisotopic (exact) mass is 270 g/mol. The SMILES string of the molecule is CCCC(C)(C)Nc1cc(OC)c([N+](=O)[O-])cc1F. The average molecular weight is 270 g/mol. The van der Waals surface area contributed by atoms with Gasteiger partial charge >= 0.3 is 5.69 Å². The van der Waals surface area contributed by atoms with Crippen molar-refractivity contribution in [2.45, 2.75) is 39.2 Å². The fourth-order valence-corrected chi connectivity index (χ4v) is 2.00. The van der Waals surface area contributed by atoms with Crippen molar-refractivity contribution in [3.63, 3.8) is 0 Å². The van der Waals surface area contributed by atoms with Gasteiger partial charge < -0.3 is 10.1 Å². The molecule has 0 fully saturated rings. The van der Waals surface area contributed by atoms with Crippen LogP contribution >= 0.6 is 0 Å². The van der Waals surface area contributed by atoms with Crippen molar-refractivity contribution in [2.24, 2.45) is 0 Å². The zero-order chi connectivity index (χ0) is 14.6. The predicted molar refractivity (Wildman–Crippen MR) is 72.2 cm³/mol. The summed E-state index contributed by atoms with van der Waals surface area (Å²) in [4.78, 5) is 10.1. The lowest BCUT2D eigenvalue weighted by Crippen LogP contribution is -2.30. The molecule has 1 aromatic carbocycles. The Morgan fingerprint density at radius 1 is 1.47 bits per heavy atom. The number of rotatable bonds is 6. The quantitative estimate of drug-likeness (QED) is 0.631. The van der Waals surface area contributed by atoms with E-state index in [9.17, 15) is 14.5 Å². The van der Waals surface area contributed by atoms with E-state index in [1.54, 1.807) is 0 Å². The Kier molecular flexibility index (Phi) is 4.69. The van der Waals surface area contributed by atoms with Crippen molar-refractivity contribution in [3.05, 3.63) is 28.1 Å². The molecule has 0 spiro atoms. The number of nitro groups is 1. The standard InChI is InChI=1S/C13H19FN2O3/c1-5-6-13(2,3)15-10-8-12(19-4)11(16(17)18)7-9(10)14/h7-8,15H,5-6H2,1-4H3. The molecule has 6 heteroatoms. The van der Waals surface area contributed by atoms with E-state index >= 15 is 0 Å². The van der Waals surface area contributed by atoms with Crippen LogP contribution in [0.2, 0.25) is 0 Å². The highest BCUT2D eigenvalue weighted by Gasteiger charge is 2.23. The van der Waals surface area contributed by atoms with Gasteiger partial charge in [-0.05, 0) is 20.3 Å². The van der Waals surface area contributed by atoms with Crippen LogP contribution < -0.4 is 10.1 Å². The fraction of sp³-hybridized carbons (Fsp3) is 0.538. The number of hydrogen-bond donors (Lipinski definition) is 1. The third-order valence-corrected chi connectivity index (χ3v) is 2.81. The van der Waals surface area contributed by atoms with Gasteiger partial charge in [0, 0.05) is 11.6 Å². The van der Waals surface area contributed by atoms with Gasteiger partial charge in [0.05, 0.1) is 23.8 Å². The first-order chi connectivity index (χ1) is 8.80. The van der Waals surface area contributed by atoms with Crippen LogP contribution in [0.15, 0.2) is 12.1 Å². The normalized spacial score (nSPS) is 11.2. The first-order valence-corrected chi connectivity index (χ1v) is 6.11. The van der Waals surface area contributed by atoms with Crippen molar-refractivity contribution in [2.75, 3.05) is 12.4 Å².